The number of piperidine rings is 1. The molecule has 2 rings (SSSR count). The maximum absolute atomic E-state index is 5.54. The molecule has 0 radical (unpaired) electrons. The first-order chi connectivity index (χ1) is 8.74. The third-order valence-electron chi connectivity index (χ3n) is 2.91. The summed E-state index contributed by atoms with van der Waals surface area (Å²) < 4.78 is 5.54. The van der Waals surface area contributed by atoms with Crippen LogP contribution in [0.4, 0.5) is 5.95 Å². The second-order valence-corrected chi connectivity index (χ2v) is 4.91. The van der Waals surface area contributed by atoms with Gasteiger partial charge in [0.05, 0.1) is 6.10 Å². The van der Waals surface area contributed by atoms with Crippen molar-refractivity contribution in [2.45, 2.75) is 45.3 Å². The number of hydrogen-bond donors (Lipinski definition) is 2. The number of anilines is 1. The summed E-state index contributed by atoms with van der Waals surface area (Å²) in [7, 11) is 0. The summed E-state index contributed by atoms with van der Waals surface area (Å²) in [6.45, 7) is 5.96. The fourth-order valence-corrected chi connectivity index (χ4v) is 2.05. The summed E-state index contributed by atoms with van der Waals surface area (Å²) >= 11 is 0. The topological polar surface area (TPSA) is 59.1 Å². The van der Waals surface area contributed by atoms with Crippen molar-refractivity contribution in [3.63, 3.8) is 0 Å². The Hall–Kier alpha value is -1.36. The zero-order chi connectivity index (χ0) is 12.8. The van der Waals surface area contributed by atoms with Gasteiger partial charge in [0, 0.05) is 24.8 Å². The Labute approximate surface area is 108 Å². The van der Waals surface area contributed by atoms with Gasteiger partial charge >= 0.3 is 0 Å². The molecule has 1 aromatic rings. The second-order valence-electron chi connectivity index (χ2n) is 4.91. The molecule has 1 atom stereocenters. The molecule has 1 saturated heterocycles. The molecule has 2 N–H and O–H groups in total. The van der Waals surface area contributed by atoms with E-state index >= 15 is 0 Å². The molecular weight excluding hydrogens is 228 g/mol. The molecule has 0 aliphatic carbocycles. The number of nitrogens with one attached hydrogen (secondary N) is 2. The summed E-state index contributed by atoms with van der Waals surface area (Å²) in [5.74, 6) is 1.26. The van der Waals surface area contributed by atoms with Gasteiger partial charge in [0.2, 0.25) is 11.8 Å². The minimum Gasteiger partial charge on any atom is -0.475 e. The van der Waals surface area contributed by atoms with Crippen LogP contribution in [0.25, 0.3) is 0 Å². The van der Waals surface area contributed by atoms with Crippen molar-refractivity contribution in [1.82, 2.24) is 15.3 Å². The molecule has 0 bridgehead atoms. The molecule has 0 aromatic carbocycles. The van der Waals surface area contributed by atoms with Gasteiger partial charge in [0.15, 0.2) is 0 Å². The second kappa shape index (κ2) is 6.54. The van der Waals surface area contributed by atoms with Crippen LogP contribution in [0.15, 0.2) is 12.3 Å². The summed E-state index contributed by atoms with van der Waals surface area (Å²) in [6.07, 6.45) is 5.66. The van der Waals surface area contributed by atoms with Gasteiger partial charge in [-0.2, -0.15) is 4.98 Å². The van der Waals surface area contributed by atoms with Crippen LogP contribution in [0.3, 0.4) is 0 Å². The minimum atomic E-state index is 0.132. The third-order valence-corrected chi connectivity index (χ3v) is 2.91. The Balaban J connectivity index is 1.84. The van der Waals surface area contributed by atoms with Crippen LogP contribution in [0.5, 0.6) is 5.88 Å². The predicted octanol–water partition coefficient (Wildman–Crippen LogP) is 1.82. The number of rotatable bonds is 5. The predicted molar refractivity (Wildman–Crippen MR) is 71.9 cm³/mol. The average molecular weight is 250 g/mol. The zero-order valence-corrected chi connectivity index (χ0v) is 11.1. The Bertz CT molecular complexity index is 364. The van der Waals surface area contributed by atoms with Gasteiger partial charge in [-0.1, -0.05) is 6.42 Å². The average Bonchev–Trinajstić information content (AvgIpc) is 2.37. The molecule has 0 saturated carbocycles. The Kier molecular flexibility index (Phi) is 4.75. The van der Waals surface area contributed by atoms with Crippen LogP contribution in [-0.4, -0.2) is 35.2 Å². The van der Waals surface area contributed by atoms with E-state index in [1.807, 2.05) is 13.8 Å². The van der Waals surface area contributed by atoms with Crippen molar-refractivity contribution < 1.29 is 4.74 Å². The van der Waals surface area contributed by atoms with Crippen molar-refractivity contribution in [2.24, 2.45) is 0 Å². The lowest BCUT2D eigenvalue weighted by molar-refractivity contribution is 0.232. The smallest absolute Gasteiger partial charge is 0.225 e. The lowest BCUT2D eigenvalue weighted by atomic mass is 10.1. The van der Waals surface area contributed by atoms with E-state index in [0.717, 1.165) is 13.1 Å². The summed E-state index contributed by atoms with van der Waals surface area (Å²) in [5, 5.41) is 6.75. The monoisotopic (exact) mass is 250 g/mol. The van der Waals surface area contributed by atoms with Gasteiger partial charge in [-0.05, 0) is 33.2 Å². The summed E-state index contributed by atoms with van der Waals surface area (Å²) in [5.41, 5.74) is 0. The highest BCUT2D eigenvalue weighted by atomic mass is 16.5. The van der Waals surface area contributed by atoms with E-state index < -0.39 is 0 Å². The first kappa shape index (κ1) is 13.1. The normalized spacial score (nSPS) is 19.8. The van der Waals surface area contributed by atoms with Crippen molar-refractivity contribution >= 4 is 5.95 Å². The highest BCUT2D eigenvalue weighted by molar-refractivity contribution is 5.27. The Morgan fingerprint density at radius 3 is 3.11 bits per heavy atom. The maximum Gasteiger partial charge on any atom is 0.225 e. The van der Waals surface area contributed by atoms with Gasteiger partial charge in [0.25, 0.3) is 0 Å². The zero-order valence-electron chi connectivity index (χ0n) is 11.1. The van der Waals surface area contributed by atoms with Crippen molar-refractivity contribution in [3.05, 3.63) is 12.3 Å². The van der Waals surface area contributed by atoms with Crippen LogP contribution in [0, 0.1) is 0 Å². The van der Waals surface area contributed by atoms with Crippen LogP contribution < -0.4 is 15.4 Å². The molecular formula is C13H22N4O. The molecule has 1 fully saturated rings. The van der Waals surface area contributed by atoms with Gasteiger partial charge < -0.3 is 15.4 Å². The molecule has 1 aliphatic heterocycles. The Morgan fingerprint density at radius 1 is 1.50 bits per heavy atom. The van der Waals surface area contributed by atoms with E-state index in [1.54, 1.807) is 12.3 Å². The standard InChI is InChI=1S/C13H22N4O/c1-10(2)18-12-6-8-15-13(17-12)16-9-11-5-3-4-7-14-11/h6,8,10-11,14H,3-5,7,9H2,1-2H3,(H,15,16,17). The number of nitrogens with zero attached hydrogens (tertiary/aromatic N) is 2. The lowest BCUT2D eigenvalue weighted by Crippen LogP contribution is -2.39. The lowest BCUT2D eigenvalue weighted by Gasteiger charge is -2.23. The highest BCUT2D eigenvalue weighted by Gasteiger charge is 2.12. The molecule has 18 heavy (non-hydrogen) atoms. The first-order valence-corrected chi connectivity index (χ1v) is 6.71. The fraction of sp³-hybridized carbons (Fsp3) is 0.692. The number of aromatic nitrogens is 2. The van der Waals surface area contributed by atoms with E-state index in [-0.39, 0.29) is 6.10 Å². The SMILES string of the molecule is CC(C)Oc1ccnc(NCC2CCCCN2)n1. The third kappa shape index (κ3) is 4.14. The highest BCUT2D eigenvalue weighted by Crippen LogP contribution is 2.11. The van der Waals surface area contributed by atoms with E-state index in [4.69, 9.17) is 4.74 Å². The molecule has 0 amide bonds. The summed E-state index contributed by atoms with van der Waals surface area (Å²) in [6, 6.07) is 2.31. The minimum absolute atomic E-state index is 0.132. The quantitative estimate of drug-likeness (QED) is 0.834. The van der Waals surface area contributed by atoms with Crippen molar-refractivity contribution in [3.8, 4) is 5.88 Å². The molecule has 2 heterocycles. The Morgan fingerprint density at radius 2 is 2.39 bits per heavy atom. The largest absolute Gasteiger partial charge is 0.475 e. The molecule has 5 nitrogen and oxygen atoms in total. The molecule has 1 unspecified atom stereocenters. The van der Waals surface area contributed by atoms with E-state index in [0.29, 0.717) is 17.9 Å². The maximum atomic E-state index is 5.54. The van der Waals surface area contributed by atoms with E-state index in [2.05, 4.69) is 20.6 Å². The van der Waals surface area contributed by atoms with Crippen LogP contribution in [-0.2, 0) is 0 Å². The van der Waals surface area contributed by atoms with Crippen LogP contribution >= 0.6 is 0 Å². The summed E-state index contributed by atoms with van der Waals surface area (Å²) in [4.78, 5) is 8.53. The fourth-order valence-electron chi connectivity index (χ4n) is 2.05. The molecule has 0 spiro atoms. The molecule has 5 heteroatoms. The molecule has 1 aromatic heterocycles. The number of hydrogen-bond acceptors (Lipinski definition) is 5. The molecule has 100 valence electrons. The van der Waals surface area contributed by atoms with Crippen molar-refractivity contribution in [1.29, 1.82) is 0 Å². The molecule has 1 aliphatic rings. The van der Waals surface area contributed by atoms with E-state index in [9.17, 15) is 0 Å². The van der Waals surface area contributed by atoms with Gasteiger partial charge in [-0.25, -0.2) is 4.98 Å². The van der Waals surface area contributed by atoms with Crippen LogP contribution in [0.2, 0.25) is 0 Å². The van der Waals surface area contributed by atoms with Gasteiger partial charge in [0.1, 0.15) is 0 Å². The van der Waals surface area contributed by atoms with E-state index in [1.165, 1.54) is 19.3 Å². The van der Waals surface area contributed by atoms with Gasteiger partial charge in [-0.3, -0.25) is 0 Å². The number of ether oxygens (including phenoxy) is 1. The van der Waals surface area contributed by atoms with Crippen molar-refractivity contribution in [2.75, 3.05) is 18.4 Å². The van der Waals surface area contributed by atoms with Crippen LogP contribution in [0.1, 0.15) is 33.1 Å². The first-order valence-electron chi connectivity index (χ1n) is 6.71. The van der Waals surface area contributed by atoms with Gasteiger partial charge in [-0.15, -0.1) is 0 Å².